The molecule has 0 radical (unpaired) electrons. The fourth-order valence-electron chi connectivity index (χ4n) is 1.62. The third-order valence-corrected chi connectivity index (χ3v) is 4.83. The van der Waals surface area contributed by atoms with Crippen LogP contribution in [0.1, 0.15) is 24.8 Å². The van der Waals surface area contributed by atoms with Crippen LogP contribution in [0.15, 0.2) is 24.3 Å². The Bertz CT molecular complexity index is 442. The maximum atomic E-state index is 11.4. The lowest BCUT2D eigenvalue weighted by molar-refractivity contribution is 0.586. The molecule has 96 valence electrons. The van der Waals surface area contributed by atoms with Gasteiger partial charge in [0.15, 0.2) is 0 Å². The number of sulfone groups is 1. The van der Waals surface area contributed by atoms with E-state index < -0.39 is 9.84 Å². The number of benzene rings is 1. The lowest BCUT2D eigenvalue weighted by Crippen LogP contribution is -2.18. The van der Waals surface area contributed by atoms with E-state index in [1.807, 2.05) is 12.1 Å². The Labute approximate surface area is 108 Å². The molecular formula is C12H18ClNO2S. The van der Waals surface area contributed by atoms with Gasteiger partial charge < -0.3 is 5.73 Å². The van der Waals surface area contributed by atoms with Crippen molar-refractivity contribution in [2.75, 3.05) is 18.1 Å². The quantitative estimate of drug-likeness (QED) is 0.866. The molecule has 1 aromatic carbocycles. The van der Waals surface area contributed by atoms with Crippen molar-refractivity contribution in [1.29, 1.82) is 0 Å². The van der Waals surface area contributed by atoms with Gasteiger partial charge in [0, 0.05) is 10.8 Å². The van der Waals surface area contributed by atoms with Gasteiger partial charge in [0.2, 0.25) is 0 Å². The van der Waals surface area contributed by atoms with E-state index in [9.17, 15) is 8.42 Å². The Hall–Kier alpha value is -0.580. The van der Waals surface area contributed by atoms with Gasteiger partial charge in [-0.2, -0.15) is 0 Å². The number of rotatable bonds is 6. The van der Waals surface area contributed by atoms with E-state index in [1.165, 1.54) is 0 Å². The lowest BCUT2D eigenvalue weighted by atomic mass is 9.97. The van der Waals surface area contributed by atoms with Crippen molar-refractivity contribution in [1.82, 2.24) is 0 Å². The van der Waals surface area contributed by atoms with Crippen LogP contribution in [-0.4, -0.2) is 26.5 Å². The summed E-state index contributed by atoms with van der Waals surface area (Å²) in [6.07, 6.45) is 0.564. The summed E-state index contributed by atoms with van der Waals surface area (Å²) in [7, 11) is -2.92. The highest BCUT2D eigenvalue weighted by Gasteiger charge is 2.14. The Morgan fingerprint density at radius 1 is 1.29 bits per heavy atom. The Morgan fingerprint density at radius 2 is 1.88 bits per heavy atom. The Balaban J connectivity index is 2.69. The van der Waals surface area contributed by atoms with Crippen molar-refractivity contribution < 1.29 is 8.42 Å². The maximum absolute atomic E-state index is 11.4. The summed E-state index contributed by atoms with van der Waals surface area (Å²) < 4.78 is 22.9. The molecule has 1 unspecified atom stereocenters. The summed E-state index contributed by atoms with van der Waals surface area (Å²) >= 11 is 5.80. The van der Waals surface area contributed by atoms with Gasteiger partial charge in [-0.05, 0) is 36.6 Å². The molecule has 0 amide bonds. The fourth-order valence-corrected chi connectivity index (χ4v) is 2.68. The number of hydrogen-bond donors (Lipinski definition) is 1. The molecule has 0 aliphatic rings. The molecule has 17 heavy (non-hydrogen) atoms. The SMILES string of the molecule is CCS(=O)(=O)CCC(CN)c1ccc(Cl)cc1. The molecule has 1 rings (SSSR count). The fraction of sp³-hybridized carbons (Fsp3) is 0.500. The van der Waals surface area contributed by atoms with Crippen LogP contribution in [0, 0.1) is 0 Å². The maximum Gasteiger partial charge on any atom is 0.150 e. The molecule has 0 heterocycles. The number of hydrogen-bond acceptors (Lipinski definition) is 3. The first-order valence-electron chi connectivity index (χ1n) is 5.64. The molecule has 5 heteroatoms. The molecule has 0 aromatic heterocycles. The minimum absolute atomic E-state index is 0.0774. The van der Waals surface area contributed by atoms with Crippen molar-refractivity contribution in [2.24, 2.45) is 5.73 Å². The molecule has 2 N–H and O–H groups in total. The van der Waals surface area contributed by atoms with Crippen LogP contribution >= 0.6 is 11.6 Å². The first-order chi connectivity index (χ1) is 7.98. The second-order valence-corrected chi connectivity index (χ2v) is 6.92. The summed E-state index contributed by atoms with van der Waals surface area (Å²) in [5.74, 6) is 0.451. The van der Waals surface area contributed by atoms with Gasteiger partial charge in [0.05, 0.1) is 5.75 Å². The third kappa shape index (κ3) is 4.66. The van der Waals surface area contributed by atoms with E-state index in [1.54, 1.807) is 19.1 Å². The van der Waals surface area contributed by atoms with E-state index in [-0.39, 0.29) is 17.4 Å². The highest BCUT2D eigenvalue weighted by Crippen LogP contribution is 2.21. The molecule has 0 bridgehead atoms. The summed E-state index contributed by atoms with van der Waals surface area (Å²) in [6.45, 7) is 2.11. The normalized spacial score (nSPS) is 13.6. The van der Waals surface area contributed by atoms with Crippen LogP contribution in [0.5, 0.6) is 0 Å². The van der Waals surface area contributed by atoms with Gasteiger partial charge in [-0.15, -0.1) is 0 Å². The molecule has 1 aromatic rings. The van der Waals surface area contributed by atoms with Crippen LogP contribution in [0.3, 0.4) is 0 Å². The van der Waals surface area contributed by atoms with Crippen LogP contribution in [-0.2, 0) is 9.84 Å². The average Bonchev–Trinajstić information content (AvgIpc) is 2.32. The lowest BCUT2D eigenvalue weighted by Gasteiger charge is -2.15. The van der Waals surface area contributed by atoms with E-state index in [0.717, 1.165) is 5.56 Å². The van der Waals surface area contributed by atoms with Gasteiger partial charge in [0.25, 0.3) is 0 Å². The molecule has 0 saturated carbocycles. The molecule has 1 atom stereocenters. The highest BCUT2D eigenvalue weighted by molar-refractivity contribution is 7.91. The van der Waals surface area contributed by atoms with E-state index in [0.29, 0.717) is 18.0 Å². The number of nitrogens with two attached hydrogens (primary N) is 1. The van der Waals surface area contributed by atoms with Gasteiger partial charge in [-0.1, -0.05) is 30.7 Å². The topological polar surface area (TPSA) is 60.2 Å². The molecule has 0 aliphatic heterocycles. The predicted molar refractivity (Wildman–Crippen MR) is 72.2 cm³/mol. The summed E-state index contributed by atoms with van der Waals surface area (Å²) in [4.78, 5) is 0. The average molecular weight is 276 g/mol. The van der Waals surface area contributed by atoms with Crippen LogP contribution in [0.25, 0.3) is 0 Å². The first-order valence-corrected chi connectivity index (χ1v) is 7.84. The Kier molecular flexibility index (Phi) is 5.43. The van der Waals surface area contributed by atoms with Gasteiger partial charge in [-0.3, -0.25) is 0 Å². The first kappa shape index (κ1) is 14.5. The van der Waals surface area contributed by atoms with Gasteiger partial charge >= 0.3 is 0 Å². The van der Waals surface area contributed by atoms with Crippen molar-refractivity contribution in [3.63, 3.8) is 0 Å². The number of halogens is 1. The molecular weight excluding hydrogens is 258 g/mol. The Morgan fingerprint density at radius 3 is 2.35 bits per heavy atom. The molecule has 3 nitrogen and oxygen atoms in total. The van der Waals surface area contributed by atoms with Crippen molar-refractivity contribution in [3.05, 3.63) is 34.9 Å². The van der Waals surface area contributed by atoms with Crippen LogP contribution < -0.4 is 5.73 Å². The predicted octanol–water partition coefficient (Wildman–Crippen LogP) is 2.21. The van der Waals surface area contributed by atoms with Crippen LogP contribution in [0.4, 0.5) is 0 Å². The zero-order chi connectivity index (χ0) is 12.9. The van der Waals surface area contributed by atoms with E-state index in [2.05, 4.69) is 0 Å². The summed E-state index contributed by atoms with van der Waals surface area (Å²) in [5.41, 5.74) is 6.73. The molecule has 0 saturated heterocycles. The third-order valence-electron chi connectivity index (χ3n) is 2.84. The second kappa shape index (κ2) is 6.38. The minimum atomic E-state index is -2.92. The molecule has 0 aliphatic carbocycles. The zero-order valence-electron chi connectivity index (χ0n) is 9.90. The van der Waals surface area contributed by atoms with Crippen LogP contribution in [0.2, 0.25) is 5.02 Å². The standard InChI is InChI=1S/C12H18ClNO2S/c1-2-17(15,16)8-7-11(9-14)10-3-5-12(13)6-4-10/h3-6,11H,2,7-9,14H2,1H3. The summed E-state index contributed by atoms with van der Waals surface area (Å²) in [6, 6.07) is 7.40. The van der Waals surface area contributed by atoms with Crippen molar-refractivity contribution >= 4 is 21.4 Å². The molecule has 0 spiro atoms. The smallest absolute Gasteiger partial charge is 0.150 e. The highest BCUT2D eigenvalue weighted by atomic mass is 35.5. The second-order valence-electron chi connectivity index (χ2n) is 4.01. The summed E-state index contributed by atoms with van der Waals surface area (Å²) in [5, 5.41) is 0.672. The van der Waals surface area contributed by atoms with Crippen molar-refractivity contribution in [2.45, 2.75) is 19.3 Å². The zero-order valence-corrected chi connectivity index (χ0v) is 11.5. The van der Waals surface area contributed by atoms with E-state index in [4.69, 9.17) is 17.3 Å². The van der Waals surface area contributed by atoms with Gasteiger partial charge in [-0.25, -0.2) is 8.42 Å². The monoisotopic (exact) mass is 275 g/mol. The minimum Gasteiger partial charge on any atom is -0.330 e. The largest absolute Gasteiger partial charge is 0.330 e. The van der Waals surface area contributed by atoms with Gasteiger partial charge in [0.1, 0.15) is 9.84 Å². The van der Waals surface area contributed by atoms with Crippen molar-refractivity contribution in [3.8, 4) is 0 Å². The van der Waals surface area contributed by atoms with E-state index >= 15 is 0 Å². The molecule has 0 fully saturated rings.